The first kappa shape index (κ1) is 14.7. The van der Waals surface area contributed by atoms with Gasteiger partial charge in [-0.05, 0) is 37.4 Å². The summed E-state index contributed by atoms with van der Waals surface area (Å²) in [6.45, 7) is 3.85. The van der Waals surface area contributed by atoms with Crippen molar-refractivity contribution >= 4 is 24.4 Å². The Hall–Kier alpha value is -0.710. The number of piperazine rings is 1. The third-order valence-corrected chi connectivity index (χ3v) is 4.70. The summed E-state index contributed by atoms with van der Waals surface area (Å²) in [7, 11) is 0. The summed E-state index contributed by atoms with van der Waals surface area (Å²) < 4.78 is 0. The molecule has 108 valence electrons. The highest BCUT2D eigenvalue weighted by Gasteiger charge is 2.40. The summed E-state index contributed by atoms with van der Waals surface area (Å²) in [4.78, 5) is 28.2. The van der Waals surface area contributed by atoms with Crippen molar-refractivity contribution in [1.29, 1.82) is 0 Å². The van der Waals surface area contributed by atoms with E-state index in [2.05, 4.69) is 19.6 Å². The van der Waals surface area contributed by atoms with E-state index in [1.165, 1.54) is 0 Å². The van der Waals surface area contributed by atoms with Gasteiger partial charge in [0.25, 0.3) is 0 Å². The molecule has 0 spiro atoms. The minimum atomic E-state index is -0.183. The van der Waals surface area contributed by atoms with E-state index >= 15 is 0 Å². The third-order valence-electron chi connectivity index (χ3n) is 4.18. The first-order valence-corrected chi connectivity index (χ1v) is 7.99. The highest BCUT2D eigenvalue weighted by molar-refractivity contribution is 7.80. The van der Waals surface area contributed by atoms with E-state index in [1.54, 1.807) is 9.80 Å². The molecule has 0 bridgehead atoms. The Bertz CT molecular complexity index is 348. The third kappa shape index (κ3) is 3.25. The Morgan fingerprint density at radius 3 is 2.84 bits per heavy atom. The molecule has 2 atom stereocenters. The van der Waals surface area contributed by atoms with Crippen LogP contribution < -0.4 is 0 Å². The van der Waals surface area contributed by atoms with Crippen LogP contribution in [-0.2, 0) is 9.59 Å². The van der Waals surface area contributed by atoms with Gasteiger partial charge in [0.05, 0.1) is 6.54 Å². The van der Waals surface area contributed by atoms with Gasteiger partial charge in [-0.25, -0.2) is 0 Å². The molecule has 0 aromatic rings. The quantitative estimate of drug-likeness (QED) is 0.778. The van der Waals surface area contributed by atoms with E-state index in [4.69, 9.17) is 0 Å². The van der Waals surface area contributed by atoms with E-state index in [0.29, 0.717) is 12.5 Å². The maximum atomic E-state index is 12.5. The number of hydrogen-bond acceptors (Lipinski definition) is 3. The molecule has 0 aromatic carbocycles. The van der Waals surface area contributed by atoms with Gasteiger partial charge in [0.15, 0.2) is 0 Å². The number of thiol groups is 1. The van der Waals surface area contributed by atoms with Crippen molar-refractivity contribution in [2.75, 3.05) is 25.4 Å². The van der Waals surface area contributed by atoms with E-state index in [0.717, 1.165) is 44.4 Å². The van der Waals surface area contributed by atoms with Gasteiger partial charge in [0.1, 0.15) is 6.04 Å². The fourth-order valence-corrected chi connectivity index (χ4v) is 3.44. The normalized spacial score (nSPS) is 25.5. The van der Waals surface area contributed by atoms with Gasteiger partial charge in [-0.2, -0.15) is 12.6 Å². The number of hydrogen-bond donors (Lipinski definition) is 1. The SMILES string of the molecule is CCCC(CS)CN1CC(=O)N2CCCCC2C1=O. The van der Waals surface area contributed by atoms with Crippen molar-refractivity contribution in [3.8, 4) is 0 Å². The Kier molecular flexibility index (Phi) is 5.13. The highest BCUT2D eigenvalue weighted by atomic mass is 32.1. The molecule has 2 fully saturated rings. The van der Waals surface area contributed by atoms with Crippen LogP contribution in [0.4, 0.5) is 0 Å². The number of rotatable bonds is 5. The van der Waals surface area contributed by atoms with Crippen LogP contribution in [0.1, 0.15) is 39.0 Å². The summed E-state index contributed by atoms with van der Waals surface area (Å²) >= 11 is 4.36. The summed E-state index contributed by atoms with van der Waals surface area (Å²) in [5.41, 5.74) is 0. The lowest BCUT2D eigenvalue weighted by molar-refractivity contribution is -0.158. The van der Waals surface area contributed by atoms with E-state index in [-0.39, 0.29) is 24.4 Å². The maximum absolute atomic E-state index is 12.5. The number of fused-ring (bicyclic) bond motifs is 1. The van der Waals surface area contributed by atoms with Gasteiger partial charge in [0.2, 0.25) is 11.8 Å². The molecule has 2 aliphatic heterocycles. The average molecular weight is 284 g/mol. The van der Waals surface area contributed by atoms with Gasteiger partial charge in [-0.1, -0.05) is 13.3 Å². The smallest absolute Gasteiger partial charge is 0.245 e. The maximum Gasteiger partial charge on any atom is 0.245 e. The molecule has 2 aliphatic rings. The molecule has 0 radical (unpaired) electrons. The molecular weight excluding hydrogens is 260 g/mol. The van der Waals surface area contributed by atoms with Crippen molar-refractivity contribution < 1.29 is 9.59 Å². The lowest BCUT2D eigenvalue weighted by Crippen LogP contribution is -2.61. The van der Waals surface area contributed by atoms with Gasteiger partial charge in [-0.3, -0.25) is 9.59 Å². The zero-order chi connectivity index (χ0) is 13.8. The monoisotopic (exact) mass is 284 g/mol. The lowest BCUT2D eigenvalue weighted by Gasteiger charge is -2.43. The van der Waals surface area contributed by atoms with Crippen LogP contribution in [-0.4, -0.2) is 53.0 Å². The van der Waals surface area contributed by atoms with Gasteiger partial charge in [0, 0.05) is 13.1 Å². The van der Waals surface area contributed by atoms with Crippen molar-refractivity contribution in [2.24, 2.45) is 5.92 Å². The molecule has 0 N–H and O–H groups in total. The van der Waals surface area contributed by atoms with Gasteiger partial charge in [-0.15, -0.1) is 0 Å². The fourth-order valence-electron chi connectivity index (χ4n) is 3.14. The zero-order valence-electron chi connectivity index (χ0n) is 11.7. The van der Waals surface area contributed by atoms with Crippen molar-refractivity contribution in [2.45, 2.75) is 45.1 Å². The van der Waals surface area contributed by atoms with E-state index in [1.807, 2.05) is 0 Å². The number of carbonyl (C=O) groups excluding carboxylic acids is 2. The van der Waals surface area contributed by atoms with Crippen LogP contribution in [0.2, 0.25) is 0 Å². The summed E-state index contributed by atoms with van der Waals surface area (Å²) in [6.07, 6.45) is 5.08. The second-order valence-corrected chi connectivity index (χ2v) is 6.02. The molecule has 0 aromatic heterocycles. The molecular formula is C14H24N2O2S. The predicted octanol–water partition coefficient (Wildman–Crippen LogP) is 1.56. The highest BCUT2D eigenvalue weighted by Crippen LogP contribution is 2.24. The van der Waals surface area contributed by atoms with Crippen LogP contribution in [0.25, 0.3) is 0 Å². The zero-order valence-corrected chi connectivity index (χ0v) is 12.6. The molecule has 2 unspecified atom stereocenters. The Balaban J connectivity index is 2.01. The molecule has 2 rings (SSSR count). The molecule has 4 nitrogen and oxygen atoms in total. The van der Waals surface area contributed by atoms with Crippen molar-refractivity contribution in [3.05, 3.63) is 0 Å². The minimum absolute atomic E-state index is 0.124. The molecule has 2 saturated heterocycles. The molecule has 2 heterocycles. The number of piperidine rings is 1. The fraction of sp³-hybridized carbons (Fsp3) is 0.857. The Morgan fingerprint density at radius 1 is 1.37 bits per heavy atom. The second kappa shape index (κ2) is 6.64. The first-order chi connectivity index (χ1) is 9.17. The van der Waals surface area contributed by atoms with Crippen LogP contribution >= 0.6 is 12.6 Å². The molecule has 5 heteroatoms. The number of amides is 2. The van der Waals surface area contributed by atoms with Crippen LogP contribution in [0.3, 0.4) is 0 Å². The molecule has 0 saturated carbocycles. The van der Waals surface area contributed by atoms with Gasteiger partial charge >= 0.3 is 0 Å². The van der Waals surface area contributed by atoms with Crippen LogP contribution in [0, 0.1) is 5.92 Å². The lowest BCUT2D eigenvalue weighted by atomic mass is 9.97. The minimum Gasteiger partial charge on any atom is -0.331 e. The first-order valence-electron chi connectivity index (χ1n) is 7.36. The van der Waals surface area contributed by atoms with Crippen LogP contribution in [0.15, 0.2) is 0 Å². The second-order valence-electron chi connectivity index (χ2n) is 5.65. The number of nitrogens with zero attached hydrogens (tertiary/aromatic N) is 2. The standard InChI is InChI=1S/C14H24N2O2S/c1-2-5-11(10-19)8-15-9-13(17)16-7-4-3-6-12(16)14(15)18/h11-12,19H,2-10H2,1H3. The van der Waals surface area contributed by atoms with E-state index in [9.17, 15) is 9.59 Å². The topological polar surface area (TPSA) is 40.6 Å². The van der Waals surface area contributed by atoms with Crippen LogP contribution in [0.5, 0.6) is 0 Å². The van der Waals surface area contributed by atoms with Gasteiger partial charge < -0.3 is 9.80 Å². The molecule has 0 aliphatic carbocycles. The average Bonchev–Trinajstić information content (AvgIpc) is 2.44. The largest absolute Gasteiger partial charge is 0.331 e. The van der Waals surface area contributed by atoms with Crippen molar-refractivity contribution in [3.63, 3.8) is 0 Å². The molecule has 2 amide bonds. The molecule has 19 heavy (non-hydrogen) atoms. The predicted molar refractivity (Wildman–Crippen MR) is 78.2 cm³/mol. The summed E-state index contributed by atoms with van der Waals surface area (Å²) in [5.74, 6) is 1.46. The van der Waals surface area contributed by atoms with Crippen molar-refractivity contribution in [1.82, 2.24) is 9.80 Å². The Labute approximate surface area is 120 Å². The summed E-state index contributed by atoms with van der Waals surface area (Å²) in [6, 6.07) is -0.183. The Morgan fingerprint density at radius 2 is 2.16 bits per heavy atom. The van der Waals surface area contributed by atoms with E-state index < -0.39 is 0 Å². The summed E-state index contributed by atoms with van der Waals surface area (Å²) in [5, 5.41) is 0. The number of carbonyl (C=O) groups is 2.